The molecule has 0 saturated carbocycles. The molecule has 0 rings (SSSR count). The van der Waals surface area contributed by atoms with E-state index in [1.165, 1.54) is 52.5 Å². The molecule has 1 unspecified atom stereocenters. The smallest absolute Gasteiger partial charge is 0.286 e. The van der Waals surface area contributed by atoms with Crippen molar-refractivity contribution in [1.29, 1.82) is 0 Å². The molecule has 0 saturated heterocycles. The summed E-state index contributed by atoms with van der Waals surface area (Å²) in [5.41, 5.74) is 0. The number of nitrogens with zero attached hydrogens (tertiary/aromatic N) is 1. The average molecular weight is 321 g/mol. The maximum absolute atomic E-state index is 11.8. The molecule has 0 aromatic rings. The normalized spacial score (nSPS) is 13.1. The second-order valence-corrected chi connectivity index (χ2v) is 7.41. The fourth-order valence-corrected chi connectivity index (χ4v) is 2.68. The van der Waals surface area contributed by atoms with Crippen molar-refractivity contribution in [3.8, 4) is 0 Å². The monoisotopic (exact) mass is 321 g/mol. The van der Waals surface area contributed by atoms with Crippen molar-refractivity contribution in [2.45, 2.75) is 83.4 Å². The molecule has 21 heavy (non-hydrogen) atoms. The van der Waals surface area contributed by atoms with E-state index in [0.29, 0.717) is 6.42 Å². The third kappa shape index (κ3) is 9.85. The number of carbonyl (C=O) groups excluding carboxylic acids is 1. The van der Waals surface area contributed by atoms with Gasteiger partial charge in [-0.05, 0) is 13.3 Å². The van der Waals surface area contributed by atoms with Gasteiger partial charge in [-0.1, -0.05) is 58.3 Å². The fourth-order valence-electron chi connectivity index (χ4n) is 2.17. The van der Waals surface area contributed by atoms with Crippen molar-refractivity contribution in [2.75, 3.05) is 7.05 Å². The van der Waals surface area contributed by atoms with Crippen LogP contribution in [0.2, 0.25) is 0 Å². The van der Waals surface area contributed by atoms with E-state index in [4.69, 9.17) is 4.55 Å². The van der Waals surface area contributed by atoms with Crippen LogP contribution in [0.15, 0.2) is 0 Å². The first-order chi connectivity index (χ1) is 9.80. The summed E-state index contributed by atoms with van der Waals surface area (Å²) in [6.45, 7) is 3.51. The van der Waals surface area contributed by atoms with Crippen LogP contribution in [-0.2, 0) is 14.9 Å². The first kappa shape index (κ1) is 20.4. The lowest BCUT2D eigenvalue weighted by molar-refractivity contribution is -0.130. The number of hydrogen-bond acceptors (Lipinski definition) is 3. The van der Waals surface area contributed by atoms with Gasteiger partial charge in [-0.25, -0.2) is 0 Å². The third-order valence-corrected chi connectivity index (χ3v) is 5.04. The van der Waals surface area contributed by atoms with Gasteiger partial charge in [-0.2, -0.15) is 8.42 Å². The van der Waals surface area contributed by atoms with Gasteiger partial charge < -0.3 is 4.90 Å². The summed E-state index contributed by atoms with van der Waals surface area (Å²) < 4.78 is 30.8. The van der Waals surface area contributed by atoms with E-state index in [2.05, 4.69) is 6.92 Å². The van der Waals surface area contributed by atoms with Gasteiger partial charge >= 0.3 is 0 Å². The van der Waals surface area contributed by atoms with E-state index < -0.39 is 15.5 Å². The van der Waals surface area contributed by atoms with Crippen molar-refractivity contribution in [1.82, 2.24) is 4.90 Å². The van der Waals surface area contributed by atoms with Crippen molar-refractivity contribution in [3.63, 3.8) is 0 Å². The van der Waals surface area contributed by atoms with E-state index in [1.54, 1.807) is 0 Å². The van der Waals surface area contributed by atoms with Gasteiger partial charge in [0.2, 0.25) is 5.91 Å². The molecule has 1 amide bonds. The molecule has 0 heterocycles. The van der Waals surface area contributed by atoms with Crippen LogP contribution in [0.25, 0.3) is 0 Å². The van der Waals surface area contributed by atoms with Crippen molar-refractivity contribution in [3.05, 3.63) is 0 Å². The van der Waals surface area contributed by atoms with Crippen LogP contribution in [0.4, 0.5) is 0 Å². The van der Waals surface area contributed by atoms with Crippen LogP contribution >= 0.6 is 0 Å². The Balaban J connectivity index is 3.67. The van der Waals surface area contributed by atoms with E-state index in [1.807, 2.05) is 0 Å². The highest BCUT2D eigenvalue weighted by Crippen LogP contribution is 2.12. The minimum absolute atomic E-state index is 0.233. The summed E-state index contributed by atoms with van der Waals surface area (Å²) in [6.07, 6.45) is 10.9. The van der Waals surface area contributed by atoms with Crippen LogP contribution in [0.1, 0.15) is 78.1 Å². The summed E-state index contributed by atoms with van der Waals surface area (Å²) in [7, 11) is -2.78. The lowest BCUT2D eigenvalue weighted by Crippen LogP contribution is -2.39. The Labute approximate surface area is 129 Å². The Bertz CT molecular complexity index is 381. The SMILES string of the molecule is CCCCCCCCCCCC(=O)N(C)C(C)S(=O)(=O)O. The van der Waals surface area contributed by atoms with Crippen molar-refractivity contribution in [2.24, 2.45) is 0 Å². The van der Waals surface area contributed by atoms with Gasteiger partial charge in [0.1, 0.15) is 0 Å². The molecular weight excluding hydrogens is 290 g/mol. The van der Waals surface area contributed by atoms with Crippen LogP contribution in [0.3, 0.4) is 0 Å². The summed E-state index contributed by atoms with van der Waals surface area (Å²) >= 11 is 0. The predicted octanol–water partition coefficient (Wildman–Crippen LogP) is 3.60. The zero-order valence-corrected chi connectivity index (χ0v) is 14.5. The first-order valence-electron chi connectivity index (χ1n) is 8.02. The van der Waals surface area contributed by atoms with Crippen LogP contribution in [0, 0.1) is 0 Å². The number of carbonyl (C=O) groups is 1. The molecule has 0 fully saturated rings. The second-order valence-electron chi connectivity index (χ2n) is 5.70. The Morgan fingerprint density at radius 1 is 1.00 bits per heavy atom. The van der Waals surface area contributed by atoms with Crippen molar-refractivity contribution < 1.29 is 17.8 Å². The lowest BCUT2D eigenvalue weighted by atomic mass is 10.1. The molecule has 0 spiro atoms. The highest BCUT2D eigenvalue weighted by molar-refractivity contribution is 7.86. The van der Waals surface area contributed by atoms with Crippen LogP contribution < -0.4 is 0 Å². The molecule has 0 aliphatic rings. The van der Waals surface area contributed by atoms with Gasteiger partial charge in [0, 0.05) is 13.5 Å². The third-order valence-electron chi connectivity index (χ3n) is 3.86. The summed E-state index contributed by atoms with van der Waals surface area (Å²) in [5.74, 6) is -0.233. The van der Waals surface area contributed by atoms with E-state index in [0.717, 1.165) is 24.2 Å². The number of unbranched alkanes of at least 4 members (excludes halogenated alkanes) is 8. The molecule has 0 aromatic carbocycles. The minimum atomic E-state index is -4.19. The molecule has 1 atom stereocenters. The van der Waals surface area contributed by atoms with Crippen LogP contribution in [0.5, 0.6) is 0 Å². The minimum Gasteiger partial charge on any atom is -0.327 e. The van der Waals surface area contributed by atoms with E-state index in [9.17, 15) is 13.2 Å². The Morgan fingerprint density at radius 3 is 1.86 bits per heavy atom. The Kier molecular flexibility index (Phi) is 10.7. The van der Waals surface area contributed by atoms with E-state index >= 15 is 0 Å². The zero-order chi connectivity index (χ0) is 16.3. The Morgan fingerprint density at radius 2 is 1.43 bits per heavy atom. The summed E-state index contributed by atoms with van der Waals surface area (Å²) in [4.78, 5) is 12.9. The number of amides is 1. The summed E-state index contributed by atoms with van der Waals surface area (Å²) in [5, 5.41) is -1.18. The van der Waals surface area contributed by atoms with Gasteiger partial charge in [0.15, 0.2) is 5.37 Å². The lowest BCUT2D eigenvalue weighted by Gasteiger charge is -2.22. The van der Waals surface area contributed by atoms with Gasteiger partial charge in [-0.3, -0.25) is 9.35 Å². The number of rotatable bonds is 12. The number of hydrogen-bond donors (Lipinski definition) is 1. The molecule has 0 aliphatic heterocycles. The summed E-state index contributed by atoms with van der Waals surface area (Å²) in [6, 6.07) is 0. The molecular formula is C15H31NO4S. The molecule has 0 aromatic heterocycles. The van der Waals surface area contributed by atoms with Crippen molar-refractivity contribution >= 4 is 16.0 Å². The topological polar surface area (TPSA) is 74.7 Å². The molecule has 0 aliphatic carbocycles. The van der Waals surface area contributed by atoms with Crippen LogP contribution in [-0.4, -0.2) is 36.2 Å². The molecule has 1 N–H and O–H groups in total. The van der Waals surface area contributed by atoms with Gasteiger partial charge in [0.05, 0.1) is 0 Å². The second kappa shape index (κ2) is 11.0. The van der Waals surface area contributed by atoms with E-state index in [-0.39, 0.29) is 5.91 Å². The largest absolute Gasteiger partial charge is 0.327 e. The van der Waals surface area contributed by atoms with Gasteiger partial charge in [-0.15, -0.1) is 0 Å². The standard InChI is InChI=1S/C15H31NO4S/c1-4-5-6-7-8-9-10-11-12-13-15(17)16(3)14(2)21(18,19)20/h14H,4-13H2,1-3H3,(H,18,19,20). The maximum atomic E-state index is 11.8. The fraction of sp³-hybridized carbons (Fsp3) is 0.933. The maximum Gasteiger partial charge on any atom is 0.286 e. The highest BCUT2D eigenvalue weighted by Gasteiger charge is 2.25. The molecule has 6 heteroatoms. The molecule has 0 radical (unpaired) electrons. The quantitative estimate of drug-likeness (QED) is 0.440. The van der Waals surface area contributed by atoms with Gasteiger partial charge in [0.25, 0.3) is 10.1 Å². The zero-order valence-electron chi connectivity index (χ0n) is 13.7. The molecule has 5 nitrogen and oxygen atoms in total. The molecule has 0 bridgehead atoms. The highest BCUT2D eigenvalue weighted by atomic mass is 32.2. The average Bonchev–Trinajstić information content (AvgIpc) is 2.42. The Hall–Kier alpha value is -0.620. The molecule has 126 valence electrons. The predicted molar refractivity (Wildman–Crippen MR) is 85.6 cm³/mol. The first-order valence-corrected chi connectivity index (χ1v) is 9.53.